The monoisotopic (exact) mass is 481 g/mol. The Bertz CT molecular complexity index is 1110. The van der Waals surface area contributed by atoms with Gasteiger partial charge in [-0.25, -0.2) is 0 Å². The average molecular weight is 482 g/mol. The third-order valence-corrected chi connectivity index (χ3v) is 6.72. The molecule has 1 saturated heterocycles. The van der Waals surface area contributed by atoms with Crippen molar-refractivity contribution in [3.05, 3.63) is 57.7 Å². The Hall–Kier alpha value is -2.50. The van der Waals surface area contributed by atoms with Gasteiger partial charge in [-0.3, -0.25) is 19.4 Å². The van der Waals surface area contributed by atoms with Crippen LogP contribution in [0.5, 0.6) is 0 Å². The molecule has 32 heavy (non-hydrogen) atoms. The van der Waals surface area contributed by atoms with Crippen LogP contribution in [0.3, 0.4) is 0 Å². The normalized spacial score (nSPS) is 16.3. The van der Waals surface area contributed by atoms with E-state index in [1.54, 1.807) is 9.47 Å². The summed E-state index contributed by atoms with van der Waals surface area (Å²) < 4.78 is 40.3. The summed E-state index contributed by atoms with van der Waals surface area (Å²) in [5.41, 5.74) is 0.168. The first-order valence-corrected chi connectivity index (χ1v) is 11.4. The van der Waals surface area contributed by atoms with Crippen LogP contribution in [-0.4, -0.2) is 56.7 Å². The minimum absolute atomic E-state index is 0.0329. The summed E-state index contributed by atoms with van der Waals surface area (Å²) in [6.45, 7) is 4.75. The second-order valence-electron chi connectivity index (χ2n) is 7.67. The van der Waals surface area contributed by atoms with E-state index >= 15 is 0 Å². The Kier molecular flexibility index (Phi) is 6.50. The summed E-state index contributed by atoms with van der Waals surface area (Å²) in [5, 5.41) is 9.02. The summed E-state index contributed by atoms with van der Waals surface area (Å²) in [4.78, 5) is 18.0. The Morgan fingerprint density at radius 3 is 2.47 bits per heavy atom. The number of aromatic nitrogens is 3. The fraction of sp³-hybridized carbons (Fsp3) is 0.381. The number of thiophene rings is 1. The maximum atomic E-state index is 13.2. The molecule has 1 amide bonds. The van der Waals surface area contributed by atoms with Gasteiger partial charge in [-0.1, -0.05) is 18.2 Å². The zero-order valence-corrected chi connectivity index (χ0v) is 18.9. The highest BCUT2D eigenvalue weighted by molar-refractivity contribution is 7.71. The largest absolute Gasteiger partial charge is 0.416 e. The van der Waals surface area contributed by atoms with Gasteiger partial charge < -0.3 is 4.90 Å². The van der Waals surface area contributed by atoms with Gasteiger partial charge in [0.25, 0.3) is 0 Å². The predicted molar refractivity (Wildman–Crippen MR) is 119 cm³/mol. The third kappa shape index (κ3) is 4.79. The van der Waals surface area contributed by atoms with E-state index in [-0.39, 0.29) is 5.91 Å². The number of nitrogens with zero attached hydrogens (tertiary/aromatic N) is 4. The summed E-state index contributed by atoms with van der Waals surface area (Å²) in [6.07, 6.45) is -4.33. The lowest BCUT2D eigenvalue weighted by Crippen LogP contribution is -2.50. The Balaban J connectivity index is 1.37. The molecular weight excluding hydrogens is 459 g/mol. The molecule has 6 nitrogen and oxygen atoms in total. The highest BCUT2D eigenvalue weighted by atomic mass is 32.1. The molecule has 3 heterocycles. The third-order valence-electron chi connectivity index (χ3n) is 5.56. The van der Waals surface area contributed by atoms with E-state index in [2.05, 4.69) is 15.1 Å². The van der Waals surface area contributed by atoms with Crippen LogP contribution in [0.15, 0.2) is 41.8 Å². The molecule has 1 aromatic carbocycles. The Morgan fingerprint density at radius 1 is 1.19 bits per heavy atom. The second-order valence-corrected chi connectivity index (χ2v) is 9.01. The number of piperazine rings is 1. The van der Waals surface area contributed by atoms with E-state index in [1.807, 2.05) is 24.4 Å². The molecule has 4 rings (SSSR count). The fourth-order valence-electron chi connectivity index (χ4n) is 3.80. The van der Waals surface area contributed by atoms with Crippen LogP contribution in [0, 0.1) is 4.77 Å². The molecule has 0 bridgehead atoms. The zero-order chi connectivity index (χ0) is 22.9. The predicted octanol–water partition coefficient (Wildman–Crippen LogP) is 4.59. The molecule has 0 radical (unpaired) electrons. The molecule has 0 aliphatic carbocycles. The lowest BCUT2D eigenvalue weighted by Gasteiger charge is -2.36. The van der Waals surface area contributed by atoms with Gasteiger partial charge in [0.05, 0.1) is 10.4 Å². The molecule has 170 valence electrons. The van der Waals surface area contributed by atoms with Gasteiger partial charge in [0.1, 0.15) is 6.04 Å². The molecule has 0 spiro atoms. The SMILES string of the molecule is CC(C(=O)N1CCN(Cc2ccc(C(F)(F)F)cc2)CC1)n1c(-c2cccs2)n[nH]c1=S. The molecule has 1 unspecified atom stereocenters. The van der Waals surface area contributed by atoms with Crippen LogP contribution >= 0.6 is 23.6 Å². The molecule has 3 aromatic rings. The number of hydrogen-bond donors (Lipinski definition) is 1. The second kappa shape index (κ2) is 9.16. The van der Waals surface area contributed by atoms with E-state index in [4.69, 9.17) is 12.2 Å². The van der Waals surface area contributed by atoms with Gasteiger partial charge in [0.15, 0.2) is 10.6 Å². The molecule has 1 N–H and O–H groups in total. The Morgan fingerprint density at radius 2 is 1.88 bits per heavy atom. The van der Waals surface area contributed by atoms with Crippen molar-refractivity contribution in [3.8, 4) is 10.7 Å². The van der Waals surface area contributed by atoms with Crippen LogP contribution < -0.4 is 0 Å². The van der Waals surface area contributed by atoms with Crippen LogP contribution in [0.4, 0.5) is 13.2 Å². The van der Waals surface area contributed by atoms with Gasteiger partial charge in [-0.15, -0.1) is 11.3 Å². The summed E-state index contributed by atoms with van der Waals surface area (Å²) in [6, 6.07) is 8.59. The smallest absolute Gasteiger partial charge is 0.338 e. The van der Waals surface area contributed by atoms with Gasteiger partial charge >= 0.3 is 6.18 Å². The van der Waals surface area contributed by atoms with Crippen molar-refractivity contribution in [1.82, 2.24) is 24.6 Å². The van der Waals surface area contributed by atoms with E-state index in [0.29, 0.717) is 43.3 Å². The Labute approximate surface area is 192 Å². The molecule has 2 aromatic heterocycles. The molecule has 1 aliphatic heterocycles. The van der Waals surface area contributed by atoms with E-state index in [1.165, 1.54) is 23.5 Å². The lowest BCUT2D eigenvalue weighted by molar-refractivity contribution is -0.137. The maximum Gasteiger partial charge on any atom is 0.416 e. The molecule has 1 atom stereocenters. The fourth-order valence-corrected chi connectivity index (χ4v) is 4.80. The highest BCUT2D eigenvalue weighted by Crippen LogP contribution is 2.29. The summed E-state index contributed by atoms with van der Waals surface area (Å²) in [5.74, 6) is 0.612. The van der Waals surface area contributed by atoms with Gasteiger partial charge in [-0.2, -0.15) is 18.3 Å². The number of rotatable bonds is 5. The summed E-state index contributed by atoms with van der Waals surface area (Å²) >= 11 is 6.90. The van der Waals surface area contributed by atoms with Gasteiger partial charge in [-0.05, 0) is 48.3 Å². The average Bonchev–Trinajstić information content (AvgIpc) is 3.43. The van der Waals surface area contributed by atoms with Crippen LogP contribution in [0.25, 0.3) is 10.7 Å². The van der Waals surface area contributed by atoms with Crippen LogP contribution in [0.2, 0.25) is 0 Å². The first kappa shape index (κ1) is 22.7. The van der Waals surface area contributed by atoms with Crippen molar-refractivity contribution in [2.45, 2.75) is 25.7 Å². The number of aromatic amines is 1. The number of H-pyrrole nitrogens is 1. The van der Waals surface area contributed by atoms with Crippen LogP contribution in [0.1, 0.15) is 24.1 Å². The standard InChI is InChI=1S/C21H22F3N5OS2/c1-14(29-18(25-26-20(29)31)17-3-2-12-32-17)19(30)28-10-8-27(9-11-28)13-15-4-6-16(7-5-15)21(22,23)24/h2-7,12,14H,8-11,13H2,1H3,(H,26,31). The summed E-state index contributed by atoms with van der Waals surface area (Å²) in [7, 11) is 0. The van der Waals surface area contributed by atoms with Crippen molar-refractivity contribution < 1.29 is 18.0 Å². The van der Waals surface area contributed by atoms with E-state index in [9.17, 15) is 18.0 Å². The molecule has 0 saturated carbocycles. The topological polar surface area (TPSA) is 57.2 Å². The minimum Gasteiger partial charge on any atom is -0.338 e. The number of alkyl halides is 3. The number of carbonyl (C=O) groups is 1. The van der Waals surface area contributed by atoms with Crippen LogP contribution in [-0.2, 0) is 17.5 Å². The number of benzene rings is 1. The quantitative estimate of drug-likeness (QED) is 0.542. The van der Waals surface area contributed by atoms with E-state index in [0.717, 1.165) is 22.6 Å². The van der Waals surface area contributed by atoms with Gasteiger partial charge in [0, 0.05) is 32.7 Å². The van der Waals surface area contributed by atoms with E-state index < -0.39 is 17.8 Å². The van der Waals surface area contributed by atoms with Gasteiger partial charge in [0.2, 0.25) is 5.91 Å². The molecule has 11 heteroatoms. The van der Waals surface area contributed by atoms with Crippen molar-refractivity contribution in [2.24, 2.45) is 0 Å². The molecular formula is C21H22F3N5OS2. The highest BCUT2D eigenvalue weighted by Gasteiger charge is 2.31. The first-order valence-electron chi connectivity index (χ1n) is 10.1. The minimum atomic E-state index is -4.33. The molecule has 1 aliphatic rings. The zero-order valence-electron chi connectivity index (χ0n) is 17.3. The number of amides is 1. The van der Waals surface area contributed by atoms with Crippen molar-refractivity contribution in [2.75, 3.05) is 26.2 Å². The maximum absolute atomic E-state index is 13.2. The van der Waals surface area contributed by atoms with Crippen molar-refractivity contribution in [3.63, 3.8) is 0 Å². The number of halogens is 3. The molecule has 1 fully saturated rings. The lowest BCUT2D eigenvalue weighted by atomic mass is 10.1. The van der Waals surface area contributed by atoms with Crippen molar-refractivity contribution >= 4 is 29.5 Å². The first-order chi connectivity index (χ1) is 15.2. The van der Waals surface area contributed by atoms with Crippen molar-refractivity contribution in [1.29, 1.82) is 0 Å². The number of carbonyl (C=O) groups excluding carboxylic acids is 1. The number of nitrogens with one attached hydrogen (secondary N) is 1. The number of hydrogen-bond acceptors (Lipinski definition) is 5.